The van der Waals surface area contributed by atoms with Crippen LogP contribution in [0, 0.1) is 30.9 Å². The SMILES string of the molecule is Cc1cc([N+](=O)[O-])ccc1-n1c(C)cc(/C=N/NC(=O)COc2cccc3cccnc23)c1C. The zero-order chi connectivity index (χ0) is 24.2. The second-order valence-corrected chi connectivity index (χ2v) is 7.80. The quantitative estimate of drug-likeness (QED) is 0.251. The summed E-state index contributed by atoms with van der Waals surface area (Å²) in [4.78, 5) is 27.1. The van der Waals surface area contributed by atoms with Gasteiger partial charge in [0.1, 0.15) is 11.3 Å². The lowest BCUT2D eigenvalue weighted by Gasteiger charge is -2.12. The molecular weight excluding hydrogens is 434 g/mol. The number of pyridine rings is 1. The molecule has 34 heavy (non-hydrogen) atoms. The van der Waals surface area contributed by atoms with Crippen LogP contribution in [0.3, 0.4) is 0 Å². The Morgan fingerprint density at radius 1 is 1.18 bits per heavy atom. The van der Waals surface area contributed by atoms with E-state index in [9.17, 15) is 14.9 Å². The molecule has 9 nitrogen and oxygen atoms in total. The van der Waals surface area contributed by atoms with Crippen molar-refractivity contribution in [3.63, 3.8) is 0 Å². The number of hydrazone groups is 1. The van der Waals surface area contributed by atoms with Crippen LogP contribution in [0.2, 0.25) is 0 Å². The topological polar surface area (TPSA) is 112 Å². The number of ether oxygens (including phenoxy) is 1. The van der Waals surface area contributed by atoms with Crippen molar-refractivity contribution in [1.82, 2.24) is 15.0 Å². The molecule has 1 N–H and O–H groups in total. The van der Waals surface area contributed by atoms with Crippen LogP contribution >= 0.6 is 0 Å². The van der Waals surface area contributed by atoms with Gasteiger partial charge in [-0.05, 0) is 50.6 Å². The highest BCUT2D eigenvalue weighted by Gasteiger charge is 2.14. The zero-order valence-corrected chi connectivity index (χ0v) is 19.0. The minimum atomic E-state index is -0.409. The van der Waals surface area contributed by atoms with Crippen LogP contribution in [0.4, 0.5) is 5.69 Å². The second-order valence-electron chi connectivity index (χ2n) is 7.80. The fourth-order valence-corrected chi connectivity index (χ4v) is 3.84. The highest BCUT2D eigenvalue weighted by molar-refractivity contribution is 5.86. The molecule has 0 saturated carbocycles. The van der Waals surface area contributed by atoms with Crippen molar-refractivity contribution < 1.29 is 14.5 Å². The number of non-ortho nitro benzene ring substituents is 1. The number of carbonyl (C=O) groups excluding carboxylic acids is 1. The number of aromatic nitrogens is 2. The largest absolute Gasteiger partial charge is 0.481 e. The molecule has 0 spiro atoms. The summed E-state index contributed by atoms with van der Waals surface area (Å²) < 4.78 is 7.63. The molecule has 172 valence electrons. The minimum absolute atomic E-state index is 0.0507. The lowest BCUT2D eigenvalue weighted by atomic mass is 10.1. The van der Waals surface area contributed by atoms with Crippen LogP contribution in [0.1, 0.15) is 22.5 Å². The number of hydrogen-bond donors (Lipinski definition) is 1. The number of amides is 1. The Morgan fingerprint density at radius 2 is 1.97 bits per heavy atom. The zero-order valence-electron chi connectivity index (χ0n) is 19.0. The van der Waals surface area contributed by atoms with E-state index in [0.29, 0.717) is 11.3 Å². The Bertz CT molecular complexity index is 1420. The second kappa shape index (κ2) is 9.53. The smallest absolute Gasteiger partial charge is 0.277 e. The molecule has 0 atom stereocenters. The Balaban J connectivity index is 1.43. The summed E-state index contributed by atoms with van der Waals surface area (Å²) in [5.74, 6) is 0.128. The number of hydrogen-bond acceptors (Lipinski definition) is 6. The van der Waals surface area contributed by atoms with Gasteiger partial charge in [0.2, 0.25) is 0 Å². The number of fused-ring (bicyclic) bond motifs is 1. The van der Waals surface area contributed by atoms with Crippen LogP contribution in [0.25, 0.3) is 16.6 Å². The van der Waals surface area contributed by atoms with Crippen molar-refractivity contribution in [2.45, 2.75) is 20.8 Å². The van der Waals surface area contributed by atoms with E-state index in [1.165, 1.54) is 6.07 Å². The first kappa shape index (κ1) is 22.7. The molecule has 2 aromatic heterocycles. The fourth-order valence-electron chi connectivity index (χ4n) is 3.84. The van der Waals surface area contributed by atoms with E-state index in [0.717, 1.165) is 33.6 Å². The molecule has 0 saturated heterocycles. The molecule has 9 heteroatoms. The summed E-state index contributed by atoms with van der Waals surface area (Å²) in [5.41, 5.74) is 7.50. The molecule has 0 unspecified atom stereocenters. The molecule has 2 heterocycles. The van der Waals surface area contributed by atoms with E-state index < -0.39 is 10.8 Å². The van der Waals surface area contributed by atoms with Crippen molar-refractivity contribution in [2.75, 3.05) is 6.61 Å². The predicted octanol–water partition coefficient (Wildman–Crippen LogP) is 4.39. The van der Waals surface area contributed by atoms with E-state index >= 15 is 0 Å². The van der Waals surface area contributed by atoms with Gasteiger partial charge in [0.15, 0.2) is 6.61 Å². The number of nitrogens with one attached hydrogen (secondary N) is 1. The van der Waals surface area contributed by atoms with Crippen molar-refractivity contribution in [1.29, 1.82) is 0 Å². The third-order valence-corrected chi connectivity index (χ3v) is 5.45. The summed E-state index contributed by atoms with van der Waals surface area (Å²) in [6.45, 7) is 5.50. The third-order valence-electron chi connectivity index (χ3n) is 5.45. The van der Waals surface area contributed by atoms with Crippen LogP contribution in [0.5, 0.6) is 5.75 Å². The van der Waals surface area contributed by atoms with E-state index in [1.807, 2.05) is 55.7 Å². The first-order chi connectivity index (χ1) is 16.3. The van der Waals surface area contributed by atoms with Crippen molar-refractivity contribution >= 4 is 28.7 Å². The number of carbonyl (C=O) groups is 1. The average molecular weight is 457 g/mol. The van der Waals surface area contributed by atoms with Crippen molar-refractivity contribution in [3.05, 3.63) is 93.4 Å². The first-order valence-electron chi connectivity index (χ1n) is 10.6. The third kappa shape index (κ3) is 4.63. The van der Waals surface area contributed by atoms with Gasteiger partial charge >= 0.3 is 0 Å². The van der Waals surface area contributed by atoms with E-state index in [-0.39, 0.29) is 12.3 Å². The molecule has 0 aliphatic rings. The monoisotopic (exact) mass is 457 g/mol. The number of para-hydroxylation sites is 1. The molecule has 0 bridgehead atoms. The maximum atomic E-state index is 12.2. The van der Waals surface area contributed by atoms with E-state index in [1.54, 1.807) is 30.6 Å². The Kier molecular flexibility index (Phi) is 6.35. The maximum Gasteiger partial charge on any atom is 0.277 e. The summed E-state index contributed by atoms with van der Waals surface area (Å²) >= 11 is 0. The number of benzene rings is 2. The highest BCUT2D eigenvalue weighted by Crippen LogP contribution is 2.26. The summed E-state index contributed by atoms with van der Waals surface area (Å²) in [6.07, 6.45) is 3.24. The van der Waals surface area contributed by atoms with Gasteiger partial charge in [0, 0.05) is 46.4 Å². The van der Waals surface area contributed by atoms with Gasteiger partial charge in [-0.2, -0.15) is 5.10 Å². The number of nitrogens with zero attached hydrogens (tertiary/aromatic N) is 4. The summed E-state index contributed by atoms with van der Waals surface area (Å²) in [5, 5.41) is 16.0. The molecule has 0 fully saturated rings. The standard InChI is InChI=1S/C25H23N5O4/c1-16-12-21(30(32)33)9-10-22(16)29-17(2)13-20(18(29)3)14-27-28-24(31)15-34-23-8-4-6-19-7-5-11-26-25(19)23/h4-14H,15H2,1-3H3,(H,28,31)/b27-14+. The van der Waals surface area contributed by atoms with Crippen LogP contribution in [-0.4, -0.2) is 33.2 Å². The average Bonchev–Trinajstić information content (AvgIpc) is 3.10. The van der Waals surface area contributed by atoms with Crippen LogP contribution in [-0.2, 0) is 4.79 Å². The molecule has 2 aromatic carbocycles. The van der Waals surface area contributed by atoms with Gasteiger partial charge in [-0.1, -0.05) is 18.2 Å². The first-order valence-corrected chi connectivity index (χ1v) is 10.6. The molecular formula is C25H23N5O4. The van der Waals surface area contributed by atoms with Gasteiger partial charge in [-0.25, -0.2) is 5.43 Å². The summed E-state index contributed by atoms with van der Waals surface area (Å²) in [6, 6.07) is 16.0. The van der Waals surface area contributed by atoms with E-state index in [2.05, 4.69) is 15.5 Å². The van der Waals surface area contributed by atoms with Gasteiger partial charge in [0.25, 0.3) is 11.6 Å². The van der Waals surface area contributed by atoms with Gasteiger partial charge in [-0.15, -0.1) is 0 Å². The number of nitro benzene ring substituents is 1. The molecule has 4 rings (SSSR count). The van der Waals surface area contributed by atoms with Crippen molar-refractivity contribution in [3.8, 4) is 11.4 Å². The molecule has 0 aliphatic heterocycles. The van der Waals surface area contributed by atoms with Crippen LogP contribution in [0.15, 0.2) is 65.9 Å². The minimum Gasteiger partial charge on any atom is -0.481 e. The van der Waals surface area contributed by atoms with Crippen LogP contribution < -0.4 is 10.2 Å². The number of rotatable bonds is 7. The Hall–Kier alpha value is -4.53. The number of aryl methyl sites for hydroxylation is 2. The Morgan fingerprint density at radius 3 is 2.74 bits per heavy atom. The predicted molar refractivity (Wildman–Crippen MR) is 130 cm³/mol. The molecule has 0 radical (unpaired) electrons. The Labute approximate surface area is 195 Å². The van der Waals surface area contributed by atoms with Gasteiger partial charge in [-0.3, -0.25) is 19.9 Å². The summed E-state index contributed by atoms with van der Waals surface area (Å²) in [7, 11) is 0. The maximum absolute atomic E-state index is 12.2. The van der Waals surface area contributed by atoms with E-state index in [4.69, 9.17) is 4.74 Å². The lowest BCUT2D eigenvalue weighted by Crippen LogP contribution is -2.24. The molecule has 1 amide bonds. The van der Waals surface area contributed by atoms with Gasteiger partial charge in [0.05, 0.1) is 11.1 Å². The van der Waals surface area contributed by atoms with Crippen molar-refractivity contribution in [2.24, 2.45) is 5.10 Å². The number of nitro groups is 1. The van der Waals surface area contributed by atoms with Gasteiger partial charge < -0.3 is 9.30 Å². The highest BCUT2D eigenvalue weighted by atomic mass is 16.6. The fraction of sp³-hybridized carbons (Fsp3) is 0.160. The molecule has 4 aromatic rings. The molecule has 0 aliphatic carbocycles. The normalized spacial score (nSPS) is 11.1. The lowest BCUT2D eigenvalue weighted by molar-refractivity contribution is -0.384.